The molecule has 0 aliphatic rings. The number of amides is 1. The number of para-hydroxylation sites is 2. The standard InChI is InChI=1S/C24H16FN5O/c25-21-10-4-5-11-22(21)28-24(31)18(14-26)13-19-16-30(20-8-2-1-3-9-20)29-23(19)17-7-6-12-27-15-17/h1-13,15-16H,(H,28,31)/b18-13+. The molecule has 0 aliphatic heterocycles. The predicted molar refractivity (Wildman–Crippen MR) is 115 cm³/mol. The van der Waals surface area contributed by atoms with Crippen LogP contribution in [0.4, 0.5) is 10.1 Å². The molecule has 1 amide bonds. The molecule has 4 rings (SSSR count). The summed E-state index contributed by atoms with van der Waals surface area (Å²) < 4.78 is 15.5. The molecule has 7 heteroatoms. The third-order valence-corrected chi connectivity index (χ3v) is 4.49. The Hall–Kier alpha value is -4.57. The van der Waals surface area contributed by atoms with E-state index in [9.17, 15) is 14.4 Å². The van der Waals surface area contributed by atoms with Crippen molar-refractivity contribution in [2.75, 3.05) is 5.32 Å². The van der Waals surface area contributed by atoms with Crippen molar-refractivity contribution in [2.24, 2.45) is 0 Å². The van der Waals surface area contributed by atoms with Crippen molar-refractivity contribution in [3.8, 4) is 23.0 Å². The fourth-order valence-electron chi connectivity index (χ4n) is 2.99. The number of carbonyl (C=O) groups is 1. The molecule has 0 atom stereocenters. The Morgan fingerprint density at radius 2 is 1.84 bits per heavy atom. The molecule has 150 valence electrons. The van der Waals surface area contributed by atoms with Crippen LogP contribution in [0.1, 0.15) is 5.56 Å². The van der Waals surface area contributed by atoms with Gasteiger partial charge in [0.05, 0.1) is 11.4 Å². The van der Waals surface area contributed by atoms with Gasteiger partial charge < -0.3 is 5.32 Å². The number of pyridine rings is 1. The van der Waals surface area contributed by atoms with E-state index in [1.807, 2.05) is 42.5 Å². The highest BCUT2D eigenvalue weighted by Crippen LogP contribution is 2.25. The van der Waals surface area contributed by atoms with Gasteiger partial charge in [-0.05, 0) is 42.5 Å². The van der Waals surface area contributed by atoms with Gasteiger partial charge in [0.2, 0.25) is 0 Å². The molecule has 0 aliphatic carbocycles. The predicted octanol–water partition coefficient (Wildman–Crippen LogP) is 4.62. The third-order valence-electron chi connectivity index (χ3n) is 4.49. The number of hydrogen-bond donors (Lipinski definition) is 1. The normalized spacial score (nSPS) is 11.0. The number of nitrogens with zero attached hydrogens (tertiary/aromatic N) is 4. The zero-order chi connectivity index (χ0) is 21.6. The quantitative estimate of drug-likeness (QED) is 0.385. The summed E-state index contributed by atoms with van der Waals surface area (Å²) in [6, 6.07) is 20.7. The molecule has 2 aromatic carbocycles. The van der Waals surface area contributed by atoms with Crippen molar-refractivity contribution in [3.05, 3.63) is 102 Å². The van der Waals surface area contributed by atoms with Gasteiger partial charge in [-0.1, -0.05) is 30.3 Å². The minimum Gasteiger partial charge on any atom is -0.319 e. The summed E-state index contributed by atoms with van der Waals surface area (Å²) in [5, 5.41) is 16.6. The molecule has 0 saturated heterocycles. The van der Waals surface area contributed by atoms with Gasteiger partial charge >= 0.3 is 0 Å². The Bertz CT molecular complexity index is 1290. The van der Waals surface area contributed by atoms with Gasteiger partial charge in [-0.25, -0.2) is 9.07 Å². The lowest BCUT2D eigenvalue weighted by Crippen LogP contribution is -2.14. The first-order chi connectivity index (χ1) is 15.2. The average Bonchev–Trinajstić information content (AvgIpc) is 3.24. The van der Waals surface area contributed by atoms with Crippen molar-refractivity contribution < 1.29 is 9.18 Å². The summed E-state index contributed by atoms with van der Waals surface area (Å²) in [5.41, 5.74) is 2.49. The van der Waals surface area contributed by atoms with Gasteiger partial charge in [0.25, 0.3) is 5.91 Å². The molecule has 2 heterocycles. The second-order valence-corrected chi connectivity index (χ2v) is 6.56. The van der Waals surface area contributed by atoms with Crippen molar-refractivity contribution in [3.63, 3.8) is 0 Å². The molecule has 4 aromatic rings. The lowest BCUT2D eigenvalue weighted by atomic mass is 10.1. The van der Waals surface area contributed by atoms with Crippen molar-refractivity contribution in [1.82, 2.24) is 14.8 Å². The number of hydrogen-bond acceptors (Lipinski definition) is 4. The largest absolute Gasteiger partial charge is 0.319 e. The lowest BCUT2D eigenvalue weighted by molar-refractivity contribution is -0.112. The summed E-state index contributed by atoms with van der Waals surface area (Å²) in [4.78, 5) is 16.7. The van der Waals surface area contributed by atoms with Gasteiger partial charge in [-0.15, -0.1) is 0 Å². The molecule has 0 bridgehead atoms. The van der Waals surface area contributed by atoms with Gasteiger partial charge in [-0.2, -0.15) is 10.4 Å². The summed E-state index contributed by atoms with van der Waals surface area (Å²) >= 11 is 0. The molecule has 2 aromatic heterocycles. The number of anilines is 1. The van der Waals surface area contributed by atoms with Crippen LogP contribution in [-0.4, -0.2) is 20.7 Å². The van der Waals surface area contributed by atoms with Crippen LogP contribution >= 0.6 is 0 Å². The fraction of sp³-hybridized carbons (Fsp3) is 0. The molecule has 6 nitrogen and oxygen atoms in total. The summed E-state index contributed by atoms with van der Waals surface area (Å²) in [6.45, 7) is 0. The maximum absolute atomic E-state index is 13.9. The van der Waals surface area contributed by atoms with E-state index in [1.54, 1.807) is 35.4 Å². The van der Waals surface area contributed by atoms with Crippen molar-refractivity contribution in [1.29, 1.82) is 5.26 Å². The monoisotopic (exact) mass is 409 g/mol. The van der Waals surface area contributed by atoms with Gasteiger partial charge in [-0.3, -0.25) is 9.78 Å². The van der Waals surface area contributed by atoms with E-state index < -0.39 is 11.7 Å². The molecule has 1 N–H and O–H groups in total. The van der Waals surface area contributed by atoms with Gasteiger partial charge in [0.15, 0.2) is 0 Å². The highest BCUT2D eigenvalue weighted by atomic mass is 19.1. The second-order valence-electron chi connectivity index (χ2n) is 6.56. The second kappa shape index (κ2) is 8.84. The SMILES string of the molecule is N#C/C(=C\c1cn(-c2ccccc2)nc1-c1cccnc1)C(=O)Nc1ccccc1F. The Labute approximate surface area is 177 Å². The highest BCUT2D eigenvalue weighted by molar-refractivity contribution is 6.10. The topological polar surface area (TPSA) is 83.6 Å². The highest BCUT2D eigenvalue weighted by Gasteiger charge is 2.16. The number of carbonyl (C=O) groups excluding carboxylic acids is 1. The molecular weight excluding hydrogens is 393 g/mol. The molecule has 31 heavy (non-hydrogen) atoms. The van der Waals surface area contributed by atoms with E-state index in [1.165, 1.54) is 24.3 Å². The minimum absolute atomic E-state index is 0.00103. The van der Waals surface area contributed by atoms with Crippen molar-refractivity contribution in [2.45, 2.75) is 0 Å². The fourth-order valence-corrected chi connectivity index (χ4v) is 2.99. The molecule has 0 unspecified atom stereocenters. The molecule has 0 saturated carbocycles. The minimum atomic E-state index is -0.711. The number of halogens is 1. The Morgan fingerprint density at radius 1 is 1.06 bits per heavy atom. The van der Waals surface area contributed by atoms with E-state index >= 15 is 0 Å². The van der Waals surface area contributed by atoms with E-state index in [0.29, 0.717) is 11.3 Å². The number of nitrogens with one attached hydrogen (secondary N) is 1. The van der Waals surface area contributed by atoms with Crippen molar-refractivity contribution >= 4 is 17.7 Å². The number of nitriles is 1. The summed E-state index contributed by atoms with van der Waals surface area (Å²) in [7, 11) is 0. The number of aromatic nitrogens is 3. The van der Waals surface area contributed by atoms with E-state index in [2.05, 4.69) is 15.4 Å². The first kappa shape index (κ1) is 19.7. The van der Waals surface area contributed by atoms with Crippen LogP contribution in [0.25, 0.3) is 23.0 Å². The van der Waals surface area contributed by atoms with Crippen LogP contribution < -0.4 is 5.32 Å². The number of benzene rings is 2. The Balaban J connectivity index is 1.75. The van der Waals surface area contributed by atoms with E-state index in [0.717, 1.165) is 11.3 Å². The van der Waals surface area contributed by atoms with Crippen LogP contribution in [0.3, 0.4) is 0 Å². The lowest BCUT2D eigenvalue weighted by Gasteiger charge is -2.05. The van der Waals surface area contributed by atoms with Gasteiger partial charge in [0.1, 0.15) is 23.2 Å². The molecule has 0 spiro atoms. The third kappa shape index (κ3) is 4.38. The zero-order valence-electron chi connectivity index (χ0n) is 16.2. The van der Waals surface area contributed by atoms with Crippen LogP contribution in [-0.2, 0) is 4.79 Å². The Morgan fingerprint density at radius 3 is 2.55 bits per heavy atom. The van der Waals surface area contributed by atoms with Gasteiger partial charge in [0, 0.05) is 29.7 Å². The first-order valence-electron chi connectivity index (χ1n) is 9.39. The molecular formula is C24H16FN5O. The smallest absolute Gasteiger partial charge is 0.266 e. The van der Waals surface area contributed by atoms with Crippen LogP contribution in [0.15, 0.2) is 90.9 Å². The zero-order valence-corrected chi connectivity index (χ0v) is 16.2. The average molecular weight is 409 g/mol. The summed E-state index contributed by atoms with van der Waals surface area (Å²) in [5.74, 6) is -1.29. The maximum Gasteiger partial charge on any atom is 0.266 e. The molecule has 0 radical (unpaired) electrons. The van der Waals surface area contributed by atoms with Crippen LogP contribution in [0, 0.1) is 17.1 Å². The summed E-state index contributed by atoms with van der Waals surface area (Å²) in [6.07, 6.45) is 6.46. The first-order valence-corrected chi connectivity index (χ1v) is 9.39. The van der Waals surface area contributed by atoms with Crippen LogP contribution in [0.2, 0.25) is 0 Å². The van der Waals surface area contributed by atoms with E-state index in [-0.39, 0.29) is 11.3 Å². The Kier molecular flexibility index (Phi) is 5.63. The maximum atomic E-state index is 13.9. The number of rotatable bonds is 5. The van der Waals surface area contributed by atoms with E-state index in [4.69, 9.17) is 0 Å². The molecule has 0 fully saturated rings. The van der Waals surface area contributed by atoms with Crippen LogP contribution in [0.5, 0.6) is 0 Å².